The summed E-state index contributed by atoms with van der Waals surface area (Å²) in [5.41, 5.74) is 2.52. The second-order valence-corrected chi connectivity index (χ2v) is 12.0. The van der Waals surface area contributed by atoms with Gasteiger partial charge in [0.25, 0.3) is 0 Å². The first-order valence-corrected chi connectivity index (χ1v) is 13.7. The largest absolute Gasteiger partial charge is 0.338 e. The van der Waals surface area contributed by atoms with Crippen molar-refractivity contribution in [1.29, 1.82) is 0 Å². The number of hydrogen-bond donors (Lipinski definition) is 0. The van der Waals surface area contributed by atoms with E-state index in [1.165, 1.54) is 18.4 Å². The molecule has 5 rings (SSSR count). The molecule has 0 unspecified atom stereocenters. The Balaban J connectivity index is 1.19. The van der Waals surface area contributed by atoms with Crippen molar-refractivity contribution in [3.8, 4) is 11.4 Å². The van der Waals surface area contributed by atoms with Crippen molar-refractivity contribution in [2.45, 2.75) is 30.7 Å². The van der Waals surface area contributed by atoms with E-state index < -0.39 is 10.0 Å². The maximum Gasteiger partial charge on any atom is 0.242 e. The van der Waals surface area contributed by atoms with E-state index in [4.69, 9.17) is 16.1 Å². The Kier molecular flexibility index (Phi) is 6.86. The molecule has 9 nitrogen and oxygen atoms in total. The number of benzene rings is 2. The first-order valence-electron chi connectivity index (χ1n) is 11.9. The minimum atomic E-state index is -3.50. The van der Waals surface area contributed by atoms with E-state index in [-0.39, 0.29) is 16.7 Å². The van der Waals surface area contributed by atoms with E-state index in [0.717, 1.165) is 42.7 Å². The van der Waals surface area contributed by atoms with Crippen molar-refractivity contribution in [1.82, 2.24) is 19.3 Å². The molecule has 2 aliphatic rings. The number of anilines is 1. The van der Waals surface area contributed by atoms with Crippen LogP contribution in [0.4, 0.5) is 5.69 Å². The van der Waals surface area contributed by atoms with Gasteiger partial charge in [0.2, 0.25) is 27.6 Å². The van der Waals surface area contributed by atoms with Crippen LogP contribution in [0, 0.1) is 5.92 Å². The molecular weight excluding hydrogens is 502 g/mol. The standard InChI is InChI=1S/C25H28ClN5O4S/c1-29(2)36(33,34)21-6-7-22-18(15-21)10-13-31(22)25(32)17-8-11-30(12-9-17)16-23-27-24(28-35-23)19-4-3-5-20(26)14-19/h3-7,14-15,17H,8-13,16H2,1-2H3. The SMILES string of the molecule is CN(C)S(=O)(=O)c1ccc2c(c1)CCN2C(=O)C1CCN(Cc2nc(-c3cccc(Cl)c3)no2)CC1. The summed E-state index contributed by atoms with van der Waals surface area (Å²) in [6, 6.07) is 12.4. The quantitative estimate of drug-likeness (QED) is 0.482. The van der Waals surface area contributed by atoms with Crippen LogP contribution in [0.15, 0.2) is 51.9 Å². The van der Waals surface area contributed by atoms with Crippen LogP contribution in [-0.4, -0.2) is 67.4 Å². The Hall–Kier alpha value is -2.79. The highest BCUT2D eigenvalue weighted by Gasteiger charge is 2.33. The normalized spacial score (nSPS) is 17.1. The Labute approximate surface area is 215 Å². The van der Waals surface area contributed by atoms with Crippen molar-refractivity contribution in [2.24, 2.45) is 5.92 Å². The van der Waals surface area contributed by atoms with E-state index in [1.54, 1.807) is 30.3 Å². The van der Waals surface area contributed by atoms with Crippen molar-refractivity contribution in [3.05, 3.63) is 58.9 Å². The summed E-state index contributed by atoms with van der Waals surface area (Å²) < 4.78 is 31.6. The molecule has 1 aromatic heterocycles. The third-order valence-electron chi connectivity index (χ3n) is 6.84. The Bertz CT molecular complexity index is 1380. The van der Waals surface area contributed by atoms with Crippen LogP contribution in [-0.2, 0) is 27.8 Å². The molecule has 3 aromatic rings. The Morgan fingerprint density at radius 1 is 1.14 bits per heavy atom. The molecule has 2 aromatic carbocycles. The first-order chi connectivity index (χ1) is 17.2. The lowest BCUT2D eigenvalue weighted by molar-refractivity contribution is -0.123. The fourth-order valence-electron chi connectivity index (χ4n) is 4.79. The summed E-state index contributed by atoms with van der Waals surface area (Å²) >= 11 is 6.06. The minimum absolute atomic E-state index is 0.0675. The number of piperidine rings is 1. The van der Waals surface area contributed by atoms with Crippen LogP contribution >= 0.6 is 11.6 Å². The molecule has 0 N–H and O–H groups in total. The van der Waals surface area contributed by atoms with Crippen molar-refractivity contribution in [2.75, 3.05) is 38.6 Å². The van der Waals surface area contributed by atoms with E-state index in [2.05, 4.69) is 15.0 Å². The van der Waals surface area contributed by atoms with Gasteiger partial charge in [-0.15, -0.1) is 0 Å². The van der Waals surface area contributed by atoms with Crippen molar-refractivity contribution < 1.29 is 17.7 Å². The summed E-state index contributed by atoms with van der Waals surface area (Å²) in [5, 5.41) is 4.68. The Morgan fingerprint density at radius 3 is 2.64 bits per heavy atom. The molecule has 190 valence electrons. The molecule has 2 aliphatic heterocycles. The molecule has 1 fully saturated rings. The maximum atomic E-state index is 13.3. The molecule has 0 spiro atoms. The van der Waals surface area contributed by atoms with E-state index in [9.17, 15) is 13.2 Å². The van der Waals surface area contributed by atoms with Gasteiger partial charge in [0, 0.05) is 42.8 Å². The number of sulfonamides is 1. The third kappa shape index (κ3) is 4.90. The highest BCUT2D eigenvalue weighted by Crippen LogP contribution is 2.33. The van der Waals surface area contributed by atoms with Crippen LogP contribution in [0.2, 0.25) is 5.02 Å². The molecular formula is C25H28ClN5O4S. The fourth-order valence-corrected chi connectivity index (χ4v) is 5.94. The second kappa shape index (κ2) is 9.93. The van der Waals surface area contributed by atoms with Gasteiger partial charge in [-0.25, -0.2) is 12.7 Å². The molecule has 11 heteroatoms. The number of hydrogen-bond acceptors (Lipinski definition) is 7. The number of carbonyl (C=O) groups excluding carboxylic acids is 1. The molecule has 1 saturated heterocycles. The summed E-state index contributed by atoms with van der Waals surface area (Å²) in [6.07, 6.45) is 2.14. The number of carbonyl (C=O) groups is 1. The lowest BCUT2D eigenvalue weighted by Crippen LogP contribution is -2.42. The molecule has 0 saturated carbocycles. The second-order valence-electron chi connectivity index (χ2n) is 9.39. The molecule has 0 atom stereocenters. The van der Waals surface area contributed by atoms with Gasteiger partial charge in [-0.1, -0.05) is 28.9 Å². The number of fused-ring (bicyclic) bond motifs is 1. The van der Waals surface area contributed by atoms with Crippen LogP contribution in [0.1, 0.15) is 24.3 Å². The summed E-state index contributed by atoms with van der Waals surface area (Å²) in [4.78, 5) is 22.1. The molecule has 0 bridgehead atoms. The zero-order chi connectivity index (χ0) is 25.4. The smallest absolute Gasteiger partial charge is 0.242 e. The summed E-state index contributed by atoms with van der Waals surface area (Å²) in [7, 11) is -0.473. The molecule has 0 radical (unpaired) electrons. The van der Waals surface area contributed by atoms with Gasteiger partial charge >= 0.3 is 0 Å². The molecule has 3 heterocycles. The van der Waals surface area contributed by atoms with Crippen LogP contribution in [0.3, 0.4) is 0 Å². The average Bonchev–Trinajstić information content (AvgIpc) is 3.51. The van der Waals surface area contributed by atoms with Crippen LogP contribution in [0.5, 0.6) is 0 Å². The van der Waals surface area contributed by atoms with Gasteiger partial charge in [0.15, 0.2) is 0 Å². The first kappa shape index (κ1) is 24.9. The zero-order valence-corrected chi connectivity index (χ0v) is 21.8. The average molecular weight is 530 g/mol. The lowest BCUT2D eigenvalue weighted by Gasteiger charge is -2.32. The summed E-state index contributed by atoms with van der Waals surface area (Å²) in [5.74, 6) is 1.08. The van der Waals surface area contributed by atoms with Crippen molar-refractivity contribution in [3.63, 3.8) is 0 Å². The van der Waals surface area contributed by atoms with Crippen LogP contribution < -0.4 is 4.90 Å². The van der Waals surface area contributed by atoms with Gasteiger partial charge in [-0.05, 0) is 68.2 Å². The number of amides is 1. The third-order valence-corrected chi connectivity index (χ3v) is 8.88. The maximum absolute atomic E-state index is 13.3. The molecule has 1 amide bonds. The fraction of sp³-hybridized carbons (Fsp3) is 0.400. The van der Waals surface area contributed by atoms with Gasteiger partial charge in [-0.3, -0.25) is 9.69 Å². The predicted octanol–water partition coefficient (Wildman–Crippen LogP) is 3.44. The number of rotatable bonds is 6. The van der Waals surface area contributed by atoms with Gasteiger partial charge in [0.05, 0.1) is 11.4 Å². The zero-order valence-electron chi connectivity index (χ0n) is 20.2. The van der Waals surface area contributed by atoms with Crippen LogP contribution in [0.25, 0.3) is 11.4 Å². The minimum Gasteiger partial charge on any atom is -0.338 e. The number of aromatic nitrogens is 2. The van der Waals surface area contributed by atoms with E-state index in [1.807, 2.05) is 17.0 Å². The highest BCUT2D eigenvalue weighted by atomic mass is 35.5. The van der Waals surface area contributed by atoms with E-state index >= 15 is 0 Å². The topological polar surface area (TPSA) is 99.9 Å². The molecule has 0 aliphatic carbocycles. The van der Waals surface area contributed by atoms with Crippen molar-refractivity contribution >= 4 is 33.2 Å². The van der Waals surface area contributed by atoms with E-state index in [0.29, 0.717) is 36.2 Å². The Morgan fingerprint density at radius 2 is 1.92 bits per heavy atom. The van der Waals surface area contributed by atoms with Gasteiger partial charge in [0.1, 0.15) is 0 Å². The number of likely N-dealkylation sites (tertiary alicyclic amines) is 1. The summed E-state index contributed by atoms with van der Waals surface area (Å²) in [6.45, 7) is 2.62. The lowest BCUT2D eigenvalue weighted by atomic mass is 9.95. The highest BCUT2D eigenvalue weighted by molar-refractivity contribution is 7.89. The van der Waals surface area contributed by atoms with Gasteiger partial charge in [-0.2, -0.15) is 4.98 Å². The predicted molar refractivity (Wildman–Crippen MR) is 136 cm³/mol. The monoisotopic (exact) mass is 529 g/mol. The van der Waals surface area contributed by atoms with Gasteiger partial charge < -0.3 is 9.42 Å². The molecule has 36 heavy (non-hydrogen) atoms. The number of halogens is 1. The number of nitrogens with zero attached hydrogens (tertiary/aromatic N) is 5.